The van der Waals surface area contributed by atoms with Crippen LogP contribution in [0, 0.1) is 0 Å². The first-order valence-electron chi connectivity index (χ1n) is 13.1. The van der Waals surface area contributed by atoms with E-state index in [9.17, 15) is 15.0 Å². The van der Waals surface area contributed by atoms with E-state index < -0.39 is 0 Å². The van der Waals surface area contributed by atoms with E-state index in [1.807, 2.05) is 19.1 Å². The molecule has 0 aliphatic carbocycles. The van der Waals surface area contributed by atoms with Gasteiger partial charge in [-0.15, -0.1) is 0 Å². The molecule has 1 saturated heterocycles. The number of phenolic OH excluding ortho intramolecular Hbond substituents is 2. The van der Waals surface area contributed by atoms with Crippen LogP contribution in [0.25, 0.3) is 22.6 Å². The fourth-order valence-corrected chi connectivity index (χ4v) is 5.00. The Bertz CT molecular complexity index is 1400. The van der Waals surface area contributed by atoms with Crippen LogP contribution in [0.1, 0.15) is 54.6 Å². The second-order valence-corrected chi connectivity index (χ2v) is 9.71. The Labute approximate surface area is 222 Å². The number of nitrogens with zero attached hydrogens (tertiary/aromatic N) is 1. The van der Waals surface area contributed by atoms with Crippen molar-refractivity contribution < 1.29 is 24.3 Å². The van der Waals surface area contributed by atoms with Gasteiger partial charge in [0.1, 0.15) is 29.0 Å². The number of ketones is 1. The van der Waals surface area contributed by atoms with E-state index in [4.69, 9.17) is 9.26 Å². The van der Waals surface area contributed by atoms with Gasteiger partial charge in [0.15, 0.2) is 11.5 Å². The van der Waals surface area contributed by atoms with Crippen molar-refractivity contribution in [3.63, 3.8) is 0 Å². The zero-order valence-corrected chi connectivity index (χ0v) is 21.6. The molecule has 1 fully saturated rings. The van der Waals surface area contributed by atoms with Gasteiger partial charge in [0.25, 0.3) is 0 Å². The molecule has 1 aromatic heterocycles. The summed E-state index contributed by atoms with van der Waals surface area (Å²) in [6.45, 7) is 5.05. The van der Waals surface area contributed by atoms with Gasteiger partial charge in [0, 0.05) is 22.7 Å². The van der Waals surface area contributed by atoms with Crippen LogP contribution < -0.4 is 10.1 Å². The number of aryl methyl sites for hydroxylation is 1. The molecule has 38 heavy (non-hydrogen) atoms. The summed E-state index contributed by atoms with van der Waals surface area (Å²) in [5.41, 5.74) is 3.39. The topological polar surface area (TPSA) is 105 Å². The quantitative estimate of drug-likeness (QED) is 0.244. The highest BCUT2D eigenvalue weighted by Gasteiger charge is 2.28. The lowest BCUT2D eigenvalue weighted by molar-refractivity contribution is 0.103. The molecule has 7 nitrogen and oxygen atoms in total. The number of hydrogen-bond donors (Lipinski definition) is 3. The van der Waals surface area contributed by atoms with Crippen LogP contribution >= 0.6 is 0 Å². The summed E-state index contributed by atoms with van der Waals surface area (Å²) in [4.78, 5) is 14.0. The fraction of sp³-hybridized carbons (Fsp3) is 0.290. The number of aromatic nitrogens is 1. The van der Waals surface area contributed by atoms with Crippen molar-refractivity contribution in [3.8, 4) is 39.8 Å². The van der Waals surface area contributed by atoms with E-state index in [2.05, 4.69) is 17.4 Å². The molecule has 0 radical (unpaired) electrons. The number of aromatic hydroxyl groups is 2. The summed E-state index contributed by atoms with van der Waals surface area (Å²) in [6.07, 6.45) is 4.14. The minimum Gasteiger partial charge on any atom is -0.508 e. The van der Waals surface area contributed by atoms with E-state index in [0.29, 0.717) is 46.4 Å². The summed E-state index contributed by atoms with van der Waals surface area (Å²) in [5, 5.41) is 27.6. The first-order chi connectivity index (χ1) is 18.4. The van der Waals surface area contributed by atoms with Crippen molar-refractivity contribution in [1.82, 2.24) is 10.5 Å². The van der Waals surface area contributed by atoms with Crippen LogP contribution in [0.3, 0.4) is 0 Å². The summed E-state index contributed by atoms with van der Waals surface area (Å²) >= 11 is 0. The van der Waals surface area contributed by atoms with Gasteiger partial charge in [-0.3, -0.25) is 4.79 Å². The van der Waals surface area contributed by atoms with Crippen molar-refractivity contribution in [2.45, 2.75) is 51.7 Å². The first kappa shape index (κ1) is 25.5. The molecular weight excluding hydrogens is 480 g/mol. The Morgan fingerprint density at radius 1 is 1.05 bits per heavy atom. The van der Waals surface area contributed by atoms with Crippen LogP contribution in [0.5, 0.6) is 17.2 Å². The van der Waals surface area contributed by atoms with Crippen molar-refractivity contribution >= 4 is 5.78 Å². The van der Waals surface area contributed by atoms with Gasteiger partial charge in [0.2, 0.25) is 0 Å². The Kier molecular flexibility index (Phi) is 7.47. The number of hydrogen-bond acceptors (Lipinski definition) is 7. The molecule has 0 saturated carbocycles. The van der Waals surface area contributed by atoms with Crippen LogP contribution in [0.2, 0.25) is 0 Å². The number of piperidine rings is 1. The molecule has 7 heteroatoms. The van der Waals surface area contributed by atoms with Gasteiger partial charge in [-0.25, -0.2) is 0 Å². The van der Waals surface area contributed by atoms with Crippen molar-refractivity contribution in [1.29, 1.82) is 0 Å². The monoisotopic (exact) mass is 512 g/mol. The fourth-order valence-electron chi connectivity index (χ4n) is 5.00. The van der Waals surface area contributed by atoms with Gasteiger partial charge >= 0.3 is 0 Å². The maximum Gasteiger partial charge on any atom is 0.199 e. The maximum absolute atomic E-state index is 14.0. The maximum atomic E-state index is 14.0. The molecule has 4 aromatic rings. The zero-order valence-electron chi connectivity index (χ0n) is 21.6. The summed E-state index contributed by atoms with van der Waals surface area (Å²) in [7, 11) is 0. The lowest BCUT2D eigenvalue weighted by atomic mass is 9.93. The number of carbonyl (C=O) groups is 1. The Hall–Kier alpha value is -4.10. The smallest absolute Gasteiger partial charge is 0.199 e. The van der Waals surface area contributed by atoms with E-state index in [0.717, 1.165) is 24.1 Å². The highest BCUT2D eigenvalue weighted by molar-refractivity contribution is 6.15. The number of rotatable bonds is 8. The van der Waals surface area contributed by atoms with Crippen LogP contribution in [0.4, 0.5) is 0 Å². The minimum absolute atomic E-state index is 0.0181. The van der Waals surface area contributed by atoms with E-state index >= 15 is 0 Å². The van der Waals surface area contributed by atoms with Crippen LogP contribution in [-0.2, 0) is 6.42 Å². The lowest BCUT2D eigenvalue weighted by Crippen LogP contribution is -2.44. The number of nitrogens with one attached hydrogen (secondary N) is 1. The molecular formula is C31H32N2O5. The Balaban J connectivity index is 1.50. The predicted octanol–water partition coefficient (Wildman–Crippen LogP) is 6.12. The number of carbonyl (C=O) groups excluding carboxylic acids is 1. The number of ether oxygens (including phenoxy) is 1. The first-order valence-corrected chi connectivity index (χ1v) is 13.1. The summed E-state index contributed by atoms with van der Waals surface area (Å²) in [6, 6.07) is 18.9. The predicted molar refractivity (Wildman–Crippen MR) is 146 cm³/mol. The van der Waals surface area contributed by atoms with Crippen molar-refractivity contribution in [2.75, 3.05) is 6.54 Å². The average molecular weight is 513 g/mol. The second-order valence-electron chi connectivity index (χ2n) is 9.71. The van der Waals surface area contributed by atoms with Crippen molar-refractivity contribution in [3.05, 3.63) is 83.4 Å². The van der Waals surface area contributed by atoms with Crippen LogP contribution in [-0.4, -0.2) is 39.8 Å². The van der Waals surface area contributed by atoms with Crippen molar-refractivity contribution in [2.24, 2.45) is 0 Å². The van der Waals surface area contributed by atoms with E-state index in [1.165, 1.54) is 25.0 Å². The molecule has 2 unspecified atom stereocenters. The molecule has 2 heterocycles. The molecule has 5 rings (SSSR count). The van der Waals surface area contributed by atoms with E-state index in [1.54, 1.807) is 42.5 Å². The third-order valence-electron chi connectivity index (χ3n) is 7.13. The molecule has 0 amide bonds. The van der Waals surface area contributed by atoms with Gasteiger partial charge in [-0.2, -0.15) is 0 Å². The average Bonchev–Trinajstić information content (AvgIpc) is 3.38. The Morgan fingerprint density at radius 3 is 2.47 bits per heavy atom. The van der Waals surface area contributed by atoms with Gasteiger partial charge in [-0.1, -0.05) is 18.5 Å². The SMILES string of the molecule is CCc1cc(O)ccc1-c1noc(-c2ccc(O)cc2)c1C(=O)c1ccc(OC(C)C2CCCCN2)cc1. The third kappa shape index (κ3) is 5.29. The number of phenols is 2. The summed E-state index contributed by atoms with van der Waals surface area (Å²) < 4.78 is 11.9. The van der Waals surface area contributed by atoms with Gasteiger partial charge in [0.05, 0.1) is 5.56 Å². The van der Waals surface area contributed by atoms with Gasteiger partial charge < -0.3 is 24.8 Å². The zero-order chi connectivity index (χ0) is 26.6. The molecule has 0 spiro atoms. The molecule has 1 aliphatic heterocycles. The Morgan fingerprint density at radius 2 is 1.79 bits per heavy atom. The normalized spacial score (nSPS) is 16.2. The highest BCUT2D eigenvalue weighted by atomic mass is 16.5. The molecule has 3 N–H and O–H groups in total. The summed E-state index contributed by atoms with van der Waals surface area (Å²) in [5.74, 6) is 1.04. The largest absolute Gasteiger partial charge is 0.508 e. The second kappa shape index (κ2) is 11.1. The number of benzene rings is 3. The van der Waals surface area contributed by atoms with Gasteiger partial charge in [-0.05, 0) is 105 Å². The molecule has 196 valence electrons. The lowest BCUT2D eigenvalue weighted by Gasteiger charge is -2.29. The highest BCUT2D eigenvalue weighted by Crippen LogP contribution is 2.37. The molecule has 0 bridgehead atoms. The standard InChI is InChI=1S/C31H32N2O5/c1-3-20-18-24(35)13-16-26(20)29-28(31(38-33-29)22-7-11-23(34)12-8-22)30(36)21-9-14-25(15-10-21)37-19(2)27-6-4-5-17-32-27/h7-16,18-19,27,32,34-35H,3-6,17H2,1-2H3. The minimum atomic E-state index is -0.243. The van der Waals surface area contributed by atoms with E-state index in [-0.39, 0.29) is 23.4 Å². The molecule has 3 aromatic carbocycles. The molecule has 2 atom stereocenters. The van der Waals surface area contributed by atoms with Crippen LogP contribution in [0.15, 0.2) is 71.3 Å². The molecule has 1 aliphatic rings. The third-order valence-corrected chi connectivity index (χ3v) is 7.13.